The van der Waals surface area contributed by atoms with Crippen LogP contribution in [0.2, 0.25) is 0 Å². The number of pyridine rings is 1. The summed E-state index contributed by atoms with van der Waals surface area (Å²) in [6.45, 7) is 1.57. The van der Waals surface area contributed by atoms with Crippen molar-refractivity contribution in [1.29, 1.82) is 0 Å². The molecule has 0 fully saturated rings. The van der Waals surface area contributed by atoms with E-state index in [2.05, 4.69) is 10.3 Å². The maximum Gasteiger partial charge on any atom is 0.341 e. The van der Waals surface area contributed by atoms with Gasteiger partial charge < -0.3 is 14.8 Å². The lowest BCUT2D eigenvalue weighted by Gasteiger charge is -2.12. The van der Waals surface area contributed by atoms with E-state index in [4.69, 9.17) is 9.47 Å². The van der Waals surface area contributed by atoms with Crippen LogP contribution in [-0.4, -0.2) is 36.0 Å². The van der Waals surface area contributed by atoms with Crippen LogP contribution < -0.4 is 5.32 Å². The minimum atomic E-state index is -0.608. The van der Waals surface area contributed by atoms with Crippen LogP contribution in [0.1, 0.15) is 50.9 Å². The van der Waals surface area contributed by atoms with Crippen molar-refractivity contribution in [3.05, 3.63) is 46.1 Å². The molecule has 1 aliphatic rings. The second kappa shape index (κ2) is 8.77. The van der Waals surface area contributed by atoms with E-state index in [-0.39, 0.29) is 6.61 Å². The van der Waals surface area contributed by atoms with Gasteiger partial charge >= 0.3 is 11.9 Å². The molecule has 0 aromatic carbocycles. The standard InChI is InChI=1S/C19H20N2O5S/c1-2-25-19(24)16-13-5-3-4-6-14(13)27-17(16)21-15(22)11-26-18(23)12-7-9-20-10-8-12/h7-10H,2-6,11H2,1H3,(H,21,22). The van der Waals surface area contributed by atoms with Gasteiger partial charge in [0.15, 0.2) is 6.61 Å². The van der Waals surface area contributed by atoms with Gasteiger partial charge in [-0.2, -0.15) is 0 Å². The molecule has 1 aliphatic carbocycles. The summed E-state index contributed by atoms with van der Waals surface area (Å²) in [7, 11) is 0. The summed E-state index contributed by atoms with van der Waals surface area (Å²) in [6, 6.07) is 3.01. The quantitative estimate of drug-likeness (QED) is 0.765. The molecule has 0 saturated carbocycles. The van der Waals surface area contributed by atoms with Crippen molar-refractivity contribution in [2.75, 3.05) is 18.5 Å². The van der Waals surface area contributed by atoms with Crippen molar-refractivity contribution in [2.24, 2.45) is 0 Å². The number of nitrogens with one attached hydrogen (secondary N) is 1. The summed E-state index contributed by atoms with van der Waals surface area (Å²) >= 11 is 1.39. The van der Waals surface area contributed by atoms with Gasteiger partial charge in [-0.15, -0.1) is 11.3 Å². The first-order valence-corrected chi connectivity index (χ1v) is 9.60. The number of nitrogens with zero attached hydrogens (tertiary/aromatic N) is 1. The van der Waals surface area contributed by atoms with Crippen molar-refractivity contribution >= 4 is 34.2 Å². The zero-order valence-electron chi connectivity index (χ0n) is 14.9. The molecule has 27 heavy (non-hydrogen) atoms. The van der Waals surface area contributed by atoms with Gasteiger partial charge in [-0.3, -0.25) is 9.78 Å². The molecular weight excluding hydrogens is 368 g/mol. The smallest absolute Gasteiger partial charge is 0.341 e. The first-order valence-electron chi connectivity index (χ1n) is 8.78. The van der Waals surface area contributed by atoms with Gasteiger partial charge in [0, 0.05) is 17.3 Å². The summed E-state index contributed by atoms with van der Waals surface area (Å²) in [6.07, 6.45) is 6.70. The summed E-state index contributed by atoms with van der Waals surface area (Å²) in [5, 5.41) is 3.17. The number of fused-ring (bicyclic) bond motifs is 1. The van der Waals surface area contributed by atoms with Gasteiger partial charge in [0.2, 0.25) is 0 Å². The Bertz CT molecular complexity index is 847. The summed E-state index contributed by atoms with van der Waals surface area (Å²) in [4.78, 5) is 41.5. The Morgan fingerprint density at radius 3 is 2.59 bits per heavy atom. The van der Waals surface area contributed by atoms with E-state index in [0.717, 1.165) is 36.1 Å². The van der Waals surface area contributed by atoms with E-state index >= 15 is 0 Å². The average Bonchev–Trinajstić information content (AvgIpc) is 3.04. The molecule has 0 radical (unpaired) electrons. The van der Waals surface area contributed by atoms with Crippen LogP contribution in [0.3, 0.4) is 0 Å². The third-order valence-electron chi connectivity index (χ3n) is 4.15. The first kappa shape index (κ1) is 19.0. The van der Waals surface area contributed by atoms with Crippen LogP contribution in [0.5, 0.6) is 0 Å². The summed E-state index contributed by atoms with van der Waals surface area (Å²) < 4.78 is 10.2. The van der Waals surface area contributed by atoms with E-state index in [1.165, 1.54) is 35.9 Å². The number of rotatable bonds is 6. The highest BCUT2D eigenvalue weighted by Crippen LogP contribution is 2.38. The van der Waals surface area contributed by atoms with E-state index in [9.17, 15) is 14.4 Å². The normalized spacial score (nSPS) is 12.8. The second-order valence-corrected chi connectivity index (χ2v) is 7.10. The Kier molecular flexibility index (Phi) is 6.18. The lowest BCUT2D eigenvalue weighted by molar-refractivity contribution is -0.119. The molecule has 0 spiro atoms. The molecule has 7 nitrogen and oxygen atoms in total. The van der Waals surface area contributed by atoms with Crippen molar-refractivity contribution < 1.29 is 23.9 Å². The van der Waals surface area contributed by atoms with Crippen LogP contribution in [0.15, 0.2) is 24.5 Å². The Hall–Kier alpha value is -2.74. The molecule has 0 aliphatic heterocycles. The predicted octanol–water partition coefficient (Wildman–Crippen LogP) is 2.99. The molecule has 2 aromatic rings. The molecule has 0 bridgehead atoms. The maximum absolute atomic E-state index is 12.4. The number of carbonyl (C=O) groups excluding carboxylic acids is 3. The van der Waals surface area contributed by atoms with Crippen LogP contribution in [-0.2, 0) is 27.1 Å². The van der Waals surface area contributed by atoms with Crippen LogP contribution in [0.25, 0.3) is 0 Å². The highest BCUT2D eigenvalue weighted by atomic mass is 32.1. The van der Waals surface area contributed by atoms with Crippen LogP contribution >= 0.6 is 11.3 Å². The van der Waals surface area contributed by atoms with E-state index in [1.54, 1.807) is 6.92 Å². The average molecular weight is 388 g/mol. The SMILES string of the molecule is CCOC(=O)c1c(NC(=O)COC(=O)c2ccncc2)sc2c1CCCC2. The molecule has 1 N–H and O–H groups in total. The lowest BCUT2D eigenvalue weighted by Crippen LogP contribution is -2.22. The molecular formula is C19H20N2O5S. The van der Waals surface area contributed by atoms with Gasteiger partial charge in [-0.1, -0.05) is 0 Å². The number of amides is 1. The number of esters is 2. The highest BCUT2D eigenvalue weighted by molar-refractivity contribution is 7.17. The molecule has 2 heterocycles. The molecule has 1 amide bonds. The van der Waals surface area contributed by atoms with Crippen LogP contribution in [0, 0.1) is 0 Å². The fourth-order valence-corrected chi connectivity index (χ4v) is 4.23. The van der Waals surface area contributed by atoms with Gasteiger partial charge in [0.05, 0.1) is 17.7 Å². The van der Waals surface area contributed by atoms with E-state index < -0.39 is 24.5 Å². The number of hydrogen-bond acceptors (Lipinski definition) is 7. The number of anilines is 1. The van der Waals surface area contributed by atoms with Crippen molar-refractivity contribution in [3.8, 4) is 0 Å². The number of aryl methyl sites for hydroxylation is 1. The minimum Gasteiger partial charge on any atom is -0.462 e. The fraction of sp³-hybridized carbons (Fsp3) is 0.368. The summed E-state index contributed by atoms with van der Waals surface area (Å²) in [5.74, 6) is -1.54. The number of ether oxygens (including phenoxy) is 2. The molecule has 8 heteroatoms. The monoisotopic (exact) mass is 388 g/mol. The molecule has 142 valence electrons. The Balaban J connectivity index is 1.69. The van der Waals surface area contributed by atoms with E-state index in [1.807, 2.05) is 0 Å². The number of carbonyl (C=O) groups is 3. The Morgan fingerprint density at radius 1 is 1.11 bits per heavy atom. The molecule has 3 rings (SSSR count). The first-order chi connectivity index (χ1) is 13.1. The van der Waals surface area contributed by atoms with Gasteiger partial charge in [0.1, 0.15) is 5.00 Å². The third kappa shape index (κ3) is 4.51. The maximum atomic E-state index is 12.4. The molecule has 2 aromatic heterocycles. The summed E-state index contributed by atoms with van der Waals surface area (Å²) in [5.41, 5.74) is 1.72. The lowest BCUT2D eigenvalue weighted by atomic mass is 9.95. The Labute approximate surface area is 160 Å². The zero-order chi connectivity index (χ0) is 19.2. The topological polar surface area (TPSA) is 94.6 Å². The molecule has 0 atom stereocenters. The molecule has 0 saturated heterocycles. The zero-order valence-corrected chi connectivity index (χ0v) is 15.8. The van der Waals surface area contributed by atoms with Crippen molar-refractivity contribution in [2.45, 2.75) is 32.6 Å². The third-order valence-corrected chi connectivity index (χ3v) is 5.36. The van der Waals surface area contributed by atoms with E-state index in [0.29, 0.717) is 16.1 Å². The predicted molar refractivity (Wildman–Crippen MR) is 100 cm³/mol. The van der Waals surface area contributed by atoms with Crippen LogP contribution in [0.4, 0.5) is 5.00 Å². The highest BCUT2D eigenvalue weighted by Gasteiger charge is 2.27. The van der Waals surface area contributed by atoms with Crippen molar-refractivity contribution in [3.63, 3.8) is 0 Å². The molecule has 0 unspecified atom stereocenters. The number of thiophene rings is 1. The van der Waals surface area contributed by atoms with Gasteiger partial charge in [-0.05, 0) is 50.3 Å². The van der Waals surface area contributed by atoms with Crippen molar-refractivity contribution in [1.82, 2.24) is 4.98 Å². The fourth-order valence-electron chi connectivity index (χ4n) is 2.94. The van der Waals surface area contributed by atoms with Gasteiger partial charge in [-0.25, -0.2) is 9.59 Å². The number of hydrogen-bond donors (Lipinski definition) is 1. The Morgan fingerprint density at radius 2 is 1.85 bits per heavy atom. The van der Waals surface area contributed by atoms with Gasteiger partial charge in [0.25, 0.3) is 5.91 Å². The number of aromatic nitrogens is 1. The minimum absolute atomic E-state index is 0.264. The largest absolute Gasteiger partial charge is 0.462 e. The second-order valence-electron chi connectivity index (χ2n) is 6.00.